The lowest BCUT2D eigenvalue weighted by Crippen LogP contribution is -2.37. The summed E-state index contributed by atoms with van der Waals surface area (Å²) in [6.07, 6.45) is 3.44. The molecule has 1 amide bonds. The highest BCUT2D eigenvalue weighted by Gasteiger charge is 2.19. The van der Waals surface area contributed by atoms with Crippen molar-refractivity contribution in [3.8, 4) is 0 Å². The minimum atomic E-state index is -0.726. The zero-order valence-corrected chi connectivity index (χ0v) is 11.5. The average Bonchev–Trinajstić information content (AvgIpc) is 2.46. The van der Waals surface area contributed by atoms with Gasteiger partial charge in [-0.1, -0.05) is 0 Å². The predicted molar refractivity (Wildman–Crippen MR) is 74.6 cm³/mol. The van der Waals surface area contributed by atoms with Gasteiger partial charge < -0.3 is 15.6 Å². The number of hydrogen-bond acceptors (Lipinski definition) is 5. The van der Waals surface area contributed by atoms with E-state index in [9.17, 15) is 9.18 Å². The Morgan fingerprint density at radius 1 is 1.55 bits per heavy atom. The van der Waals surface area contributed by atoms with Crippen LogP contribution < -0.4 is 16.6 Å². The second kappa shape index (κ2) is 6.62. The third-order valence-electron chi connectivity index (χ3n) is 3.66. The maximum atomic E-state index is 13.9. The average molecular weight is 281 g/mol. The minimum Gasteiger partial charge on any atom is -0.352 e. The van der Waals surface area contributed by atoms with Gasteiger partial charge in [0.15, 0.2) is 11.6 Å². The van der Waals surface area contributed by atoms with Gasteiger partial charge in [-0.15, -0.1) is 0 Å². The summed E-state index contributed by atoms with van der Waals surface area (Å²) in [7, 11) is 2.09. The van der Waals surface area contributed by atoms with Crippen molar-refractivity contribution >= 4 is 11.7 Å². The van der Waals surface area contributed by atoms with Crippen molar-refractivity contribution in [2.75, 3.05) is 32.1 Å². The summed E-state index contributed by atoms with van der Waals surface area (Å²) < 4.78 is 13.9. The third-order valence-corrected chi connectivity index (χ3v) is 3.66. The number of nitrogens with zero attached hydrogens (tertiary/aromatic N) is 2. The van der Waals surface area contributed by atoms with E-state index in [0.717, 1.165) is 25.9 Å². The van der Waals surface area contributed by atoms with Crippen molar-refractivity contribution < 1.29 is 9.18 Å². The summed E-state index contributed by atoms with van der Waals surface area (Å²) >= 11 is 0. The highest BCUT2D eigenvalue weighted by molar-refractivity contribution is 5.95. The summed E-state index contributed by atoms with van der Waals surface area (Å²) in [4.78, 5) is 17.9. The molecule has 1 aliphatic heterocycles. The summed E-state index contributed by atoms with van der Waals surface area (Å²) in [5.74, 6) is 4.30. The topological polar surface area (TPSA) is 83.3 Å². The monoisotopic (exact) mass is 281 g/mol. The summed E-state index contributed by atoms with van der Waals surface area (Å²) in [6, 6.07) is 1.35. The zero-order valence-electron chi connectivity index (χ0n) is 11.5. The molecule has 1 saturated heterocycles. The van der Waals surface area contributed by atoms with Gasteiger partial charge in [-0.25, -0.2) is 15.2 Å². The van der Waals surface area contributed by atoms with Gasteiger partial charge in [-0.2, -0.15) is 0 Å². The lowest BCUT2D eigenvalue weighted by atomic mass is 9.97. The number of nitrogens with one attached hydrogen (secondary N) is 2. The Bertz CT molecular complexity index is 474. The van der Waals surface area contributed by atoms with Crippen molar-refractivity contribution in [2.45, 2.75) is 12.8 Å². The van der Waals surface area contributed by atoms with Crippen LogP contribution in [0.3, 0.4) is 0 Å². The second-order valence-electron chi connectivity index (χ2n) is 5.12. The van der Waals surface area contributed by atoms with Gasteiger partial charge in [0.2, 0.25) is 0 Å². The number of amides is 1. The number of piperidine rings is 1. The first-order chi connectivity index (χ1) is 9.61. The lowest BCUT2D eigenvalue weighted by molar-refractivity contribution is 0.0935. The molecule has 1 aromatic rings. The molecule has 0 bridgehead atoms. The highest BCUT2D eigenvalue weighted by atomic mass is 19.1. The Morgan fingerprint density at radius 2 is 2.25 bits per heavy atom. The number of carbonyl (C=O) groups is 1. The molecule has 6 nitrogen and oxygen atoms in total. The molecule has 0 spiro atoms. The highest BCUT2D eigenvalue weighted by Crippen LogP contribution is 2.16. The Hall–Kier alpha value is -1.73. The van der Waals surface area contributed by atoms with Gasteiger partial charge >= 0.3 is 0 Å². The van der Waals surface area contributed by atoms with Crippen LogP contribution in [-0.4, -0.2) is 42.5 Å². The van der Waals surface area contributed by atoms with Crippen LogP contribution in [0.15, 0.2) is 12.3 Å². The first kappa shape index (κ1) is 14.7. The third kappa shape index (κ3) is 3.43. The number of pyridine rings is 1. The molecule has 4 N–H and O–H groups in total. The lowest BCUT2D eigenvalue weighted by Gasteiger charge is -2.28. The second-order valence-corrected chi connectivity index (χ2v) is 5.12. The zero-order chi connectivity index (χ0) is 14.5. The van der Waals surface area contributed by atoms with Crippen LogP contribution in [0.4, 0.5) is 10.2 Å². The molecule has 0 atom stereocenters. The molecule has 0 radical (unpaired) electrons. The molecule has 2 heterocycles. The van der Waals surface area contributed by atoms with Crippen LogP contribution in [0.1, 0.15) is 23.2 Å². The summed E-state index contributed by atoms with van der Waals surface area (Å²) in [5.41, 5.74) is 2.09. The molecule has 2 rings (SSSR count). The number of carbonyl (C=O) groups excluding carboxylic acids is 1. The van der Waals surface area contributed by atoms with E-state index < -0.39 is 11.7 Å². The maximum absolute atomic E-state index is 13.9. The Kier molecular flexibility index (Phi) is 4.86. The minimum absolute atomic E-state index is 0.0409. The van der Waals surface area contributed by atoms with E-state index >= 15 is 0 Å². The number of hydrazine groups is 1. The fourth-order valence-electron chi connectivity index (χ4n) is 2.32. The van der Waals surface area contributed by atoms with Gasteiger partial charge in [-0.05, 0) is 45.0 Å². The van der Waals surface area contributed by atoms with Crippen LogP contribution in [0.25, 0.3) is 0 Å². The Balaban J connectivity index is 1.92. The number of halogens is 1. The number of likely N-dealkylation sites (tertiary alicyclic amines) is 1. The van der Waals surface area contributed by atoms with Crippen molar-refractivity contribution in [3.05, 3.63) is 23.6 Å². The largest absolute Gasteiger partial charge is 0.352 e. The summed E-state index contributed by atoms with van der Waals surface area (Å²) in [5, 5.41) is 2.78. The molecule has 1 aromatic heterocycles. The quantitative estimate of drug-likeness (QED) is 0.555. The fraction of sp³-hybridized carbons (Fsp3) is 0.538. The van der Waals surface area contributed by atoms with Crippen LogP contribution >= 0.6 is 0 Å². The van der Waals surface area contributed by atoms with Crippen molar-refractivity contribution in [3.63, 3.8) is 0 Å². The normalized spacial score (nSPS) is 16.9. The van der Waals surface area contributed by atoms with Crippen molar-refractivity contribution in [1.82, 2.24) is 15.2 Å². The molecule has 1 aliphatic rings. The van der Waals surface area contributed by atoms with E-state index in [1.54, 1.807) is 0 Å². The maximum Gasteiger partial charge on any atom is 0.254 e. The first-order valence-corrected chi connectivity index (χ1v) is 6.69. The van der Waals surface area contributed by atoms with E-state index in [0.29, 0.717) is 12.5 Å². The SMILES string of the molecule is CN1CCC(CNC(=O)c2ccnc(NN)c2F)CC1. The number of aromatic nitrogens is 1. The first-order valence-electron chi connectivity index (χ1n) is 6.69. The smallest absolute Gasteiger partial charge is 0.254 e. The Labute approximate surface area is 117 Å². The van der Waals surface area contributed by atoms with Crippen LogP contribution in [0.2, 0.25) is 0 Å². The van der Waals surface area contributed by atoms with Gasteiger partial charge in [-0.3, -0.25) is 4.79 Å². The van der Waals surface area contributed by atoms with E-state index in [1.165, 1.54) is 12.3 Å². The van der Waals surface area contributed by atoms with Gasteiger partial charge in [0.1, 0.15) is 0 Å². The van der Waals surface area contributed by atoms with Gasteiger partial charge in [0.05, 0.1) is 5.56 Å². The molecule has 0 aliphatic carbocycles. The molecule has 0 aromatic carbocycles. The van der Waals surface area contributed by atoms with E-state index in [2.05, 4.69) is 27.7 Å². The fourth-order valence-corrected chi connectivity index (χ4v) is 2.32. The number of anilines is 1. The molecule has 0 saturated carbocycles. The molecule has 110 valence electrons. The standard InChI is InChI=1S/C13H20FN5O/c1-19-6-3-9(4-7-19)8-17-13(20)10-2-5-16-12(18-15)11(10)14/h2,5,9H,3-4,6-8,15H2,1H3,(H,16,18)(H,17,20). The van der Waals surface area contributed by atoms with Crippen LogP contribution in [0.5, 0.6) is 0 Å². The number of nitrogen functional groups attached to an aromatic ring is 1. The number of hydrogen-bond donors (Lipinski definition) is 3. The van der Waals surface area contributed by atoms with E-state index in [4.69, 9.17) is 5.84 Å². The van der Waals surface area contributed by atoms with Crippen molar-refractivity contribution in [2.24, 2.45) is 11.8 Å². The molecular formula is C13H20FN5O. The Morgan fingerprint density at radius 3 is 2.90 bits per heavy atom. The van der Waals surface area contributed by atoms with Crippen LogP contribution in [-0.2, 0) is 0 Å². The van der Waals surface area contributed by atoms with E-state index in [1.807, 2.05) is 0 Å². The molecule has 0 unspecified atom stereocenters. The van der Waals surface area contributed by atoms with Crippen molar-refractivity contribution in [1.29, 1.82) is 0 Å². The van der Waals surface area contributed by atoms with Gasteiger partial charge in [0.25, 0.3) is 5.91 Å². The molecule has 20 heavy (non-hydrogen) atoms. The van der Waals surface area contributed by atoms with Crippen LogP contribution in [0, 0.1) is 11.7 Å². The molecule has 1 fully saturated rings. The van der Waals surface area contributed by atoms with Gasteiger partial charge in [0, 0.05) is 12.7 Å². The molecule has 7 heteroatoms. The predicted octanol–water partition coefficient (Wildman–Crippen LogP) is 0.578. The summed E-state index contributed by atoms with van der Waals surface area (Å²) in [6.45, 7) is 2.64. The molecular weight excluding hydrogens is 261 g/mol. The number of rotatable bonds is 4. The van der Waals surface area contributed by atoms with E-state index in [-0.39, 0.29) is 11.4 Å². The number of nitrogens with two attached hydrogens (primary N) is 1.